The smallest absolute Gasteiger partial charge is 0.137 e. The molecule has 1 atom stereocenters. The molecule has 1 N–H and O–H groups in total. The quantitative estimate of drug-likeness (QED) is 0.856. The maximum absolute atomic E-state index is 13.1. The Bertz CT molecular complexity index is 513. The van der Waals surface area contributed by atoms with Crippen molar-refractivity contribution in [2.45, 2.75) is 32.4 Å². The molecule has 0 spiro atoms. The third-order valence-corrected chi connectivity index (χ3v) is 3.65. The van der Waals surface area contributed by atoms with E-state index in [1.165, 1.54) is 6.07 Å². The summed E-state index contributed by atoms with van der Waals surface area (Å²) in [6.07, 6.45) is 3.63. The minimum Gasteiger partial charge on any atom is -0.469 e. The zero-order chi connectivity index (χ0) is 13.7. The third kappa shape index (κ3) is 4.48. The van der Waals surface area contributed by atoms with Gasteiger partial charge in [0, 0.05) is 19.0 Å². The minimum absolute atomic E-state index is 0.227. The Hall–Kier alpha value is -1.13. The monoisotopic (exact) mass is 325 g/mol. The molecule has 1 aromatic carbocycles. The molecule has 0 radical (unpaired) electrons. The highest BCUT2D eigenvalue weighted by atomic mass is 79.9. The van der Waals surface area contributed by atoms with Gasteiger partial charge in [0.15, 0.2) is 0 Å². The predicted molar refractivity (Wildman–Crippen MR) is 77.4 cm³/mol. The van der Waals surface area contributed by atoms with Crippen molar-refractivity contribution < 1.29 is 8.81 Å². The fraction of sp³-hybridized carbons (Fsp3) is 0.333. The SMILES string of the molecule is CC(CCc1ccco1)NCc1ccc(F)c(Br)c1. The molecule has 102 valence electrons. The van der Waals surface area contributed by atoms with E-state index in [0.717, 1.165) is 30.7 Å². The van der Waals surface area contributed by atoms with Crippen molar-refractivity contribution in [2.75, 3.05) is 0 Å². The van der Waals surface area contributed by atoms with Gasteiger partial charge in [0.05, 0.1) is 10.7 Å². The van der Waals surface area contributed by atoms with Gasteiger partial charge in [-0.15, -0.1) is 0 Å². The molecule has 2 rings (SSSR count). The van der Waals surface area contributed by atoms with Crippen LogP contribution in [0.5, 0.6) is 0 Å². The molecule has 2 aromatic rings. The van der Waals surface area contributed by atoms with E-state index in [1.807, 2.05) is 18.2 Å². The number of hydrogen-bond acceptors (Lipinski definition) is 2. The molecule has 1 heterocycles. The van der Waals surface area contributed by atoms with E-state index in [4.69, 9.17) is 4.42 Å². The van der Waals surface area contributed by atoms with Crippen molar-refractivity contribution in [3.8, 4) is 0 Å². The Balaban J connectivity index is 1.76. The molecule has 1 aromatic heterocycles. The summed E-state index contributed by atoms with van der Waals surface area (Å²) in [6, 6.07) is 9.37. The molecule has 0 aliphatic heterocycles. The second-order valence-corrected chi connectivity index (χ2v) is 5.50. The number of hydrogen-bond donors (Lipinski definition) is 1. The first-order valence-electron chi connectivity index (χ1n) is 6.35. The lowest BCUT2D eigenvalue weighted by Crippen LogP contribution is -2.25. The van der Waals surface area contributed by atoms with Gasteiger partial charge in [-0.05, 0) is 59.1 Å². The molecule has 0 aliphatic rings. The molecule has 0 bridgehead atoms. The molecule has 19 heavy (non-hydrogen) atoms. The van der Waals surface area contributed by atoms with Crippen LogP contribution in [0.3, 0.4) is 0 Å². The largest absolute Gasteiger partial charge is 0.469 e. The number of benzene rings is 1. The van der Waals surface area contributed by atoms with Gasteiger partial charge in [0.25, 0.3) is 0 Å². The second-order valence-electron chi connectivity index (χ2n) is 4.65. The summed E-state index contributed by atoms with van der Waals surface area (Å²) in [6.45, 7) is 2.87. The Morgan fingerprint density at radius 3 is 2.89 bits per heavy atom. The summed E-state index contributed by atoms with van der Waals surface area (Å²) in [5.74, 6) is 0.785. The van der Waals surface area contributed by atoms with Crippen LogP contribution in [-0.2, 0) is 13.0 Å². The Morgan fingerprint density at radius 1 is 1.37 bits per heavy atom. The fourth-order valence-electron chi connectivity index (χ4n) is 1.86. The van der Waals surface area contributed by atoms with Crippen LogP contribution in [0.25, 0.3) is 0 Å². The summed E-state index contributed by atoms with van der Waals surface area (Å²) in [5.41, 5.74) is 1.07. The van der Waals surface area contributed by atoms with E-state index in [-0.39, 0.29) is 5.82 Å². The normalized spacial score (nSPS) is 12.6. The topological polar surface area (TPSA) is 25.2 Å². The van der Waals surface area contributed by atoms with E-state index in [9.17, 15) is 4.39 Å². The van der Waals surface area contributed by atoms with Crippen LogP contribution in [0.4, 0.5) is 4.39 Å². The Kier molecular flexibility index (Phi) is 5.16. The van der Waals surface area contributed by atoms with Gasteiger partial charge in [-0.1, -0.05) is 6.07 Å². The van der Waals surface area contributed by atoms with Gasteiger partial charge in [0.1, 0.15) is 11.6 Å². The van der Waals surface area contributed by atoms with Crippen LogP contribution in [0.2, 0.25) is 0 Å². The average molecular weight is 326 g/mol. The van der Waals surface area contributed by atoms with Gasteiger partial charge >= 0.3 is 0 Å². The molecular formula is C15H17BrFNO. The van der Waals surface area contributed by atoms with E-state index in [2.05, 4.69) is 28.2 Å². The summed E-state index contributed by atoms with van der Waals surface area (Å²) < 4.78 is 18.9. The first-order chi connectivity index (χ1) is 9.15. The van der Waals surface area contributed by atoms with Crippen molar-refractivity contribution in [2.24, 2.45) is 0 Å². The molecule has 1 unspecified atom stereocenters. The molecule has 0 aliphatic carbocycles. The molecule has 2 nitrogen and oxygen atoms in total. The molecule has 0 saturated carbocycles. The Labute approximate surface area is 121 Å². The first-order valence-corrected chi connectivity index (χ1v) is 7.14. The standard InChI is InChI=1S/C15H17BrFNO/c1-11(4-6-13-3-2-8-19-13)18-10-12-5-7-15(17)14(16)9-12/h2-3,5,7-9,11,18H,4,6,10H2,1H3. The number of aryl methyl sites for hydroxylation is 1. The zero-order valence-corrected chi connectivity index (χ0v) is 12.4. The number of nitrogens with one attached hydrogen (secondary N) is 1. The molecule has 0 amide bonds. The van der Waals surface area contributed by atoms with Gasteiger partial charge in [0.2, 0.25) is 0 Å². The van der Waals surface area contributed by atoms with Crippen molar-refractivity contribution >= 4 is 15.9 Å². The van der Waals surface area contributed by atoms with Crippen molar-refractivity contribution in [1.29, 1.82) is 0 Å². The van der Waals surface area contributed by atoms with Crippen molar-refractivity contribution in [3.05, 3.63) is 58.2 Å². The number of furan rings is 1. The molecule has 4 heteroatoms. The van der Waals surface area contributed by atoms with E-state index < -0.39 is 0 Å². The Morgan fingerprint density at radius 2 is 2.21 bits per heavy atom. The van der Waals surface area contributed by atoms with Gasteiger partial charge in [-0.3, -0.25) is 0 Å². The van der Waals surface area contributed by atoms with E-state index >= 15 is 0 Å². The predicted octanol–water partition coefficient (Wildman–Crippen LogP) is 4.29. The maximum Gasteiger partial charge on any atom is 0.137 e. The minimum atomic E-state index is -0.227. The molecular weight excluding hydrogens is 309 g/mol. The highest BCUT2D eigenvalue weighted by Crippen LogP contribution is 2.17. The molecule has 0 saturated heterocycles. The summed E-state index contributed by atoms with van der Waals surface area (Å²) >= 11 is 3.19. The lowest BCUT2D eigenvalue weighted by molar-refractivity contribution is 0.459. The highest BCUT2D eigenvalue weighted by molar-refractivity contribution is 9.10. The van der Waals surface area contributed by atoms with Crippen LogP contribution in [0, 0.1) is 5.82 Å². The lowest BCUT2D eigenvalue weighted by Gasteiger charge is -2.13. The van der Waals surface area contributed by atoms with Crippen LogP contribution >= 0.6 is 15.9 Å². The van der Waals surface area contributed by atoms with Gasteiger partial charge in [-0.2, -0.15) is 0 Å². The second kappa shape index (κ2) is 6.87. The summed E-state index contributed by atoms with van der Waals surface area (Å²) in [7, 11) is 0. The van der Waals surface area contributed by atoms with Crippen molar-refractivity contribution in [1.82, 2.24) is 5.32 Å². The average Bonchev–Trinajstić information content (AvgIpc) is 2.91. The van der Waals surface area contributed by atoms with Crippen LogP contribution in [0.15, 0.2) is 45.5 Å². The van der Waals surface area contributed by atoms with E-state index in [0.29, 0.717) is 10.5 Å². The number of rotatable bonds is 6. The van der Waals surface area contributed by atoms with Gasteiger partial charge in [-0.25, -0.2) is 4.39 Å². The van der Waals surface area contributed by atoms with Crippen LogP contribution in [0.1, 0.15) is 24.7 Å². The van der Waals surface area contributed by atoms with E-state index in [1.54, 1.807) is 12.3 Å². The zero-order valence-electron chi connectivity index (χ0n) is 10.8. The van der Waals surface area contributed by atoms with Gasteiger partial charge < -0.3 is 9.73 Å². The molecule has 0 fully saturated rings. The summed E-state index contributed by atoms with van der Waals surface area (Å²) in [5, 5.41) is 3.42. The van der Waals surface area contributed by atoms with Crippen molar-refractivity contribution in [3.63, 3.8) is 0 Å². The first kappa shape index (κ1) is 14.3. The lowest BCUT2D eigenvalue weighted by atomic mass is 10.1. The summed E-state index contributed by atoms with van der Waals surface area (Å²) in [4.78, 5) is 0. The number of halogens is 2. The third-order valence-electron chi connectivity index (χ3n) is 3.04. The highest BCUT2D eigenvalue weighted by Gasteiger charge is 2.05. The fourth-order valence-corrected chi connectivity index (χ4v) is 2.28. The maximum atomic E-state index is 13.1. The van der Waals surface area contributed by atoms with Crippen LogP contribution in [-0.4, -0.2) is 6.04 Å². The van der Waals surface area contributed by atoms with Crippen LogP contribution < -0.4 is 5.32 Å².